The first-order valence-electron chi connectivity index (χ1n) is 7.56. The first-order valence-corrected chi connectivity index (χ1v) is 7.56. The van der Waals surface area contributed by atoms with Gasteiger partial charge in [-0.25, -0.2) is 0 Å². The van der Waals surface area contributed by atoms with Crippen molar-refractivity contribution in [3.8, 4) is 23.0 Å². The topological polar surface area (TPSA) is 66.0 Å². The zero-order chi connectivity index (χ0) is 17.1. The van der Waals surface area contributed by atoms with Crippen LogP contribution >= 0.6 is 0 Å². The molecule has 0 fully saturated rings. The van der Waals surface area contributed by atoms with Crippen molar-refractivity contribution in [1.82, 2.24) is 0 Å². The van der Waals surface area contributed by atoms with Crippen LogP contribution < -0.4 is 24.3 Å². The Hall–Kier alpha value is -2.89. The lowest BCUT2D eigenvalue weighted by Crippen LogP contribution is -2.18. The van der Waals surface area contributed by atoms with Crippen LogP contribution in [-0.4, -0.2) is 33.3 Å². The molecule has 2 aromatic rings. The van der Waals surface area contributed by atoms with Crippen LogP contribution in [-0.2, 0) is 0 Å². The van der Waals surface area contributed by atoms with Crippen molar-refractivity contribution >= 4 is 11.6 Å². The molecule has 1 heterocycles. The molecule has 0 spiro atoms. The number of ether oxygens (including phenoxy) is 4. The van der Waals surface area contributed by atoms with Gasteiger partial charge in [-0.15, -0.1) is 0 Å². The number of aryl methyl sites for hydroxylation is 1. The fraction of sp³-hybridized carbons (Fsp3) is 0.278. The lowest BCUT2D eigenvalue weighted by Gasteiger charge is -2.20. The van der Waals surface area contributed by atoms with Crippen LogP contribution in [0.1, 0.15) is 15.9 Å². The molecule has 24 heavy (non-hydrogen) atoms. The van der Waals surface area contributed by atoms with Gasteiger partial charge in [-0.3, -0.25) is 4.79 Å². The molecule has 1 aliphatic heterocycles. The molecule has 0 unspecified atom stereocenters. The molecule has 126 valence electrons. The molecule has 1 aliphatic rings. The molecule has 1 amide bonds. The highest BCUT2D eigenvalue weighted by Crippen LogP contribution is 2.34. The average molecular weight is 329 g/mol. The molecule has 3 rings (SSSR count). The zero-order valence-electron chi connectivity index (χ0n) is 13.8. The van der Waals surface area contributed by atoms with Gasteiger partial charge in [-0.1, -0.05) is 0 Å². The molecule has 0 atom stereocenters. The van der Waals surface area contributed by atoms with Crippen molar-refractivity contribution in [2.75, 3.05) is 32.8 Å². The van der Waals surface area contributed by atoms with Gasteiger partial charge >= 0.3 is 0 Å². The standard InChI is InChI=1S/C18H19NO5/c1-11-8-16-17(24-7-6-23-16)10-13(11)18(20)19-12-4-5-14(21-2)15(9-12)22-3/h4-5,8-10H,6-7H2,1-3H3,(H,19,20). The van der Waals surface area contributed by atoms with Crippen LogP contribution in [0.3, 0.4) is 0 Å². The fourth-order valence-corrected chi connectivity index (χ4v) is 2.55. The molecule has 0 saturated heterocycles. The van der Waals surface area contributed by atoms with E-state index >= 15 is 0 Å². The van der Waals surface area contributed by atoms with Gasteiger partial charge in [-0.2, -0.15) is 0 Å². The maximum absolute atomic E-state index is 12.6. The van der Waals surface area contributed by atoms with Crippen molar-refractivity contribution in [2.24, 2.45) is 0 Å². The van der Waals surface area contributed by atoms with Gasteiger partial charge in [-0.05, 0) is 36.8 Å². The number of nitrogens with one attached hydrogen (secondary N) is 1. The number of benzene rings is 2. The van der Waals surface area contributed by atoms with E-state index in [2.05, 4.69) is 5.32 Å². The number of rotatable bonds is 4. The van der Waals surface area contributed by atoms with E-state index in [-0.39, 0.29) is 5.91 Å². The van der Waals surface area contributed by atoms with E-state index in [0.29, 0.717) is 47.5 Å². The highest BCUT2D eigenvalue weighted by atomic mass is 16.6. The summed E-state index contributed by atoms with van der Waals surface area (Å²) in [6.07, 6.45) is 0. The molecule has 6 nitrogen and oxygen atoms in total. The number of carbonyl (C=O) groups is 1. The molecule has 0 saturated carbocycles. The fourth-order valence-electron chi connectivity index (χ4n) is 2.55. The summed E-state index contributed by atoms with van der Waals surface area (Å²) in [6.45, 7) is 2.86. The van der Waals surface area contributed by atoms with Crippen molar-refractivity contribution in [3.63, 3.8) is 0 Å². The molecule has 1 N–H and O–H groups in total. The Balaban J connectivity index is 1.85. The van der Waals surface area contributed by atoms with Gasteiger partial charge in [0.25, 0.3) is 5.91 Å². The molecular formula is C18H19NO5. The molecule has 0 aliphatic carbocycles. The summed E-state index contributed by atoms with van der Waals surface area (Å²) in [5, 5.41) is 2.86. The minimum Gasteiger partial charge on any atom is -0.493 e. The summed E-state index contributed by atoms with van der Waals surface area (Å²) < 4.78 is 21.5. The summed E-state index contributed by atoms with van der Waals surface area (Å²) >= 11 is 0. The molecule has 0 bridgehead atoms. The maximum Gasteiger partial charge on any atom is 0.256 e. The SMILES string of the molecule is COc1ccc(NC(=O)c2cc3c(cc2C)OCCO3)cc1OC. The van der Waals surface area contributed by atoms with E-state index in [1.54, 1.807) is 38.5 Å². The summed E-state index contributed by atoms with van der Waals surface area (Å²) in [4.78, 5) is 12.6. The summed E-state index contributed by atoms with van der Waals surface area (Å²) in [7, 11) is 3.11. The first kappa shape index (κ1) is 16.0. The summed E-state index contributed by atoms with van der Waals surface area (Å²) in [6, 6.07) is 8.74. The maximum atomic E-state index is 12.6. The van der Waals surface area contributed by atoms with Crippen LogP contribution in [0.5, 0.6) is 23.0 Å². The highest BCUT2D eigenvalue weighted by molar-refractivity contribution is 6.05. The van der Waals surface area contributed by atoms with Gasteiger partial charge < -0.3 is 24.3 Å². The third kappa shape index (κ3) is 3.08. The lowest BCUT2D eigenvalue weighted by molar-refractivity contribution is 0.102. The monoisotopic (exact) mass is 329 g/mol. The van der Waals surface area contributed by atoms with E-state index in [1.165, 1.54) is 0 Å². The van der Waals surface area contributed by atoms with E-state index in [0.717, 1.165) is 5.56 Å². The quantitative estimate of drug-likeness (QED) is 0.934. The average Bonchev–Trinajstić information content (AvgIpc) is 2.60. The first-order chi connectivity index (χ1) is 11.6. The third-order valence-electron chi connectivity index (χ3n) is 3.78. The molecule has 6 heteroatoms. The minimum atomic E-state index is -0.225. The van der Waals surface area contributed by atoms with Crippen LogP contribution in [0.4, 0.5) is 5.69 Å². The van der Waals surface area contributed by atoms with Crippen molar-refractivity contribution < 1.29 is 23.7 Å². The predicted octanol–water partition coefficient (Wildman–Crippen LogP) is 3.04. The predicted molar refractivity (Wildman–Crippen MR) is 89.7 cm³/mol. The Morgan fingerprint density at radius 2 is 1.67 bits per heavy atom. The van der Waals surface area contributed by atoms with E-state index in [9.17, 15) is 4.79 Å². The molecule has 0 aromatic heterocycles. The van der Waals surface area contributed by atoms with Gasteiger partial charge in [0.15, 0.2) is 23.0 Å². The second kappa shape index (κ2) is 6.70. The molecular weight excluding hydrogens is 310 g/mol. The van der Waals surface area contributed by atoms with E-state index < -0.39 is 0 Å². The van der Waals surface area contributed by atoms with Gasteiger partial charge in [0, 0.05) is 17.3 Å². The number of carbonyl (C=O) groups excluding carboxylic acids is 1. The number of anilines is 1. The number of methoxy groups -OCH3 is 2. The van der Waals surface area contributed by atoms with Crippen LogP contribution in [0.2, 0.25) is 0 Å². The largest absolute Gasteiger partial charge is 0.493 e. The number of hydrogen-bond acceptors (Lipinski definition) is 5. The van der Waals surface area contributed by atoms with Gasteiger partial charge in [0.2, 0.25) is 0 Å². The second-order valence-corrected chi connectivity index (χ2v) is 5.33. The van der Waals surface area contributed by atoms with Crippen molar-refractivity contribution in [1.29, 1.82) is 0 Å². The smallest absolute Gasteiger partial charge is 0.256 e. The Bertz CT molecular complexity index is 772. The third-order valence-corrected chi connectivity index (χ3v) is 3.78. The Morgan fingerprint density at radius 1 is 1.00 bits per heavy atom. The van der Waals surface area contributed by atoms with E-state index in [1.807, 2.05) is 13.0 Å². The van der Waals surface area contributed by atoms with Crippen LogP contribution in [0, 0.1) is 6.92 Å². The normalized spacial score (nSPS) is 12.5. The number of amides is 1. The molecule has 2 aromatic carbocycles. The second-order valence-electron chi connectivity index (χ2n) is 5.33. The number of hydrogen-bond donors (Lipinski definition) is 1. The number of fused-ring (bicyclic) bond motifs is 1. The van der Waals surface area contributed by atoms with Gasteiger partial charge in [0.1, 0.15) is 13.2 Å². The summed E-state index contributed by atoms with van der Waals surface area (Å²) in [5.74, 6) is 2.18. The minimum absolute atomic E-state index is 0.225. The van der Waals surface area contributed by atoms with Crippen LogP contribution in [0.25, 0.3) is 0 Å². The lowest BCUT2D eigenvalue weighted by atomic mass is 10.1. The Labute approximate surface area is 140 Å². The zero-order valence-corrected chi connectivity index (χ0v) is 13.8. The summed E-state index contributed by atoms with van der Waals surface area (Å²) in [5.41, 5.74) is 1.97. The Kier molecular flexibility index (Phi) is 4.46. The van der Waals surface area contributed by atoms with E-state index in [4.69, 9.17) is 18.9 Å². The van der Waals surface area contributed by atoms with Crippen molar-refractivity contribution in [2.45, 2.75) is 6.92 Å². The Morgan fingerprint density at radius 3 is 2.33 bits per heavy atom. The van der Waals surface area contributed by atoms with Crippen molar-refractivity contribution in [3.05, 3.63) is 41.5 Å². The highest BCUT2D eigenvalue weighted by Gasteiger charge is 2.18. The van der Waals surface area contributed by atoms with Gasteiger partial charge in [0.05, 0.1) is 14.2 Å². The van der Waals surface area contributed by atoms with Crippen LogP contribution in [0.15, 0.2) is 30.3 Å². The molecule has 0 radical (unpaired) electrons.